The van der Waals surface area contributed by atoms with Crippen LogP contribution in [0.2, 0.25) is 19.1 Å². The first-order valence-electron chi connectivity index (χ1n) is 15.0. The summed E-state index contributed by atoms with van der Waals surface area (Å²) in [6.45, 7) is 15.2. The molecule has 0 spiro atoms. The fourth-order valence-corrected chi connectivity index (χ4v) is 9.16. The van der Waals surface area contributed by atoms with Gasteiger partial charge in [0.15, 0.2) is 0 Å². The summed E-state index contributed by atoms with van der Waals surface area (Å²) in [6, 6.07) is 7.56. The van der Waals surface area contributed by atoms with E-state index in [9.17, 15) is 24.3 Å². The minimum Gasteiger partial charge on any atom is -0.508 e. The van der Waals surface area contributed by atoms with Crippen LogP contribution in [-0.2, 0) is 42.6 Å². The zero-order valence-electron chi connectivity index (χ0n) is 26.5. The number of cyclic esters (lactones) is 1. The normalized spacial score (nSPS) is 17.2. The second-order valence-corrected chi connectivity index (χ2v) is 17.8. The average molecular weight is 634 g/mol. The predicted octanol–water partition coefficient (Wildman–Crippen LogP) is 4.35. The lowest BCUT2D eigenvalue weighted by Crippen LogP contribution is -2.47. The van der Waals surface area contributed by atoms with Crippen LogP contribution in [0.15, 0.2) is 41.7 Å². The number of aromatic nitrogens is 2. The number of alkyl carbamates (subject to hydrolysis) is 1. The summed E-state index contributed by atoms with van der Waals surface area (Å²) in [5, 5.41) is 14.8. The molecular weight excluding hydrogens is 594 g/mol. The third kappa shape index (κ3) is 5.74. The van der Waals surface area contributed by atoms with Crippen molar-refractivity contribution in [1.82, 2.24) is 14.9 Å². The van der Waals surface area contributed by atoms with E-state index in [1.54, 1.807) is 56.5 Å². The molecule has 2 aliphatic heterocycles. The molecule has 2 aromatic heterocycles. The van der Waals surface area contributed by atoms with Gasteiger partial charge < -0.3 is 29.2 Å². The lowest BCUT2D eigenvalue weighted by atomic mass is 9.85. The molecule has 4 heterocycles. The molecule has 11 nitrogen and oxygen atoms in total. The number of ether oxygens (including phenoxy) is 3. The van der Waals surface area contributed by atoms with E-state index in [2.05, 4.69) is 25.0 Å². The molecule has 0 saturated carbocycles. The zero-order chi connectivity index (χ0) is 32.9. The van der Waals surface area contributed by atoms with E-state index in [0.717, 1.165) is 22.2 Å². The Morgan fingerprint density at radius 3 is 2.62 bits per heavy atom. The molecule has 12 heteroatoms. The molecular formula is C33H39N3O8Si. The molecule has 0 aliphatic carbocycles. The molecule has 2 N–H and O–H groups in total. The van der Waals surface area contributed by atoms with Crippen LogP contribution < -0.4 is 16.1 Å². The summed E-state index contributed by atoms with van der Waals surface area (Å²) < 4.78 is 18.1. The summed E-state index contributed by atoms with van der Waals surface area (Å²) >= 11 is 0. The van der Waals surface area contributed by atoms with Gasteiger partial charge in [-0.3, -0.25) is 9.59 Å². The predicted molar refractivity (Wildman–Crippen MR) is 171 cm³/mol. The van der Waals surface area contributed by atoms with E-state index in [0.29, 0.717) is 16.9 Å². The molecule has 0 radical (unpaired) electrons. The van der Waals surface area contributed by atoms with Crippen molar-refractivity contribution in [3.63, 3.8) is 0 Å². The number of hydrogen-bond donors (Lipinski definition) is 2. The second-order valence-electron chi connectivity index (χ2n) is 13.1. The maximum Gasteiger partial charge on any atom is 0.407 e. The number of hydrogen-bond acceptors (Lipinski definition) is 9. The smallest absolute Gasteiger partial charge is 0.407 e. The van der Waals surface area contributed by atoms with Gasteiger partial charge in [-0.1, -0.05) is 26.1 Å². The number of rotatable bonds is 8. The minimum atomic E-state index is -2.19. The number of amides is 1. The van der Waals surface area contributed by atoms with E-state index in [1.807, 2.05) is 6.08 Å². The topological polar surface area (TPSA) is 146 Å². The van der Waals surface area contributed by atoms with Crippen molar-refractivity contribution >= 4 is 42.2 Å². The molecule has 0 fully saturated rings. The van der Waals surface area contributed by atoms with Crippen molar-refractivity contribution in [3.05, 3.63) is 64.0 Å². The summed E-state index contributed by atoms with van der Waals surface area (Å²) in [5.74, 6) is -1.39. The number of fused-ring (bicyclic) bond motifs is 5. The third-order valence-corrected chi connectivity index (χ3v) is 11.5. The molecule has 0 bridgehead atoms. The number of aromatic hydroxyl groups is 1. The van der Waals surface area contributed by atoms with Gasteiger partial charge in [0, 0.05) is 17.5 Å². The highest BCUT2D eigenvalue weighted by molar-refractivity contribution is 6.92. The van der Waals surface area contributed by atoms with E-state index >= 15 is 0 Å². The molecule has 0 saturated heterocycles. The van der Waals surface area contributed by atoms with Crippen LogP contribution in [-0.4, -0.2) is 52.9 Å². The van der Waals surface area contributed by atoms with E-state index in [1.165, 1.54) is 0 Å². The third-order valence-electron chi connectivity index (χ3n) is 8.26. The van der Waals surface area contributed by atoms with Crippen molar-refractivity contribution in [1.29, 1.82) is 0 Å². The number of carbonyl (C=O) groups excluding carboxylic acids is 3. The first kappa shape index (κ1) is 32.0. The van der Waals surface area contributed by atoms with Crippen molar-refractivity contribution in [3.8, 4) is 17.1 Å². The molecule has 2 aliphatic rings. The fourth-order valence-electron chi connectivity index (χ4n) is 6.29. The Morgan fingerprint density at radius 1 is 1.22 bits per heavy atom. The van der Waals surface area contributed by atoms with E-state index in [4.69, 9.17) is 19.2 Å². The summed E-state index contributed by atoms with van der Waals surface area (Å²) in [5.41, 5.74) is 0.306. The van der Waals surface area contributed by atoms with Crippen molar-refractivity contribution in [2.75, 3.05) is 6.54 Å². The highest BCUT2D eigenvalue weighted by Gasteiger charge is 2.50. The number of phenolic OH excluding ortho intramolecular Hbond substituents is 1. The average Bonchev–Trinajstić information content (AvgIpc) is 3.30. The molecule has 3 aromatic rings. The Bertz CT molecular complexity index is 1810. The van der Waals surface area contributed by atoms with Gasteiger partial charge in [-0.05, 0) is 68.3 Å². The molecule has 1 aromatic carbocycles. The van der Waals surface area contributed by atoms with Crippen LogP contribution in [0.3, 0.4) is 0 Å². The quantitative estimate of drug-likeness (QED) is 0.125. The summed E-state index contributed by atoms with van der Waals surface area (Å²) in [7, 11) is -2.19. The Kier molecular flexibility index (Phi) is 8.15. The number of nitrogens with zero attached hydrogens (tertiary/aromatic N) is 2. The van der Waals surface area contributed by atoms with Crippen LogP contribution in [0.25, 0.3) is 22.3 Å². The zero-order valence-corrected chi connectivity index (χ0v) is 27.5. The number of allylic oxidation sites excluding steroid dienone is 1. The minimum absolute atomic E-state index is 0.0226. The molecule has 1 amide bonds. The number of pyridine rings is 2. The van der Waals surface area contributed by atoms with Gasteiger partial charge >= 0.3 is 18.0 Å². The first-order chi connectivity index (χ1) is 21.1. The molecule has 1 atom stereocenters. The number of nitrogens with one attached hydrogen (secondary N) is 1. The van der Waals surface area contributed by atoms with Gasteiger partial charge in [0.2, 0.25) is 5.60 Å². The van der Waals surface area contributed by atoms with Crippen molar-refractivity contribution < 1.29 is 33.7 Å². The first-order valence-corrected chi connectivity index (χ1v) is 18.2. The summed E-state index contributed by atoms with van der Waals surface area (Å²) in [6.07, 6.45) is 1.01. The van der Waals surface area contributed by atoms with Crippen LogP contribution >= 0.6 is 0 Å². The molecule has 238 valence electrons. The number of carbonyl (C=O) groups is 3. The van der Waals surface area contributed by atoms with Gasteiger partial charge in [0.25, 0.3) is 5.56 Å². The SMILES string of the molecule is C=CC[Si](C)(C)c1c2c(nc3ccc(O)cc13)-c1cc3c(c(=O)n1C2)COC(=O)[C@@]3(CC)OC(=O)CCNC(=O)OC(C)(C)C. The Morgan fingerprint density at radius 2 is 1.96 bits per heavy atom. The Balaban J connectivity index is 1.58. The van der Waals surface area contributed by atoms with E-state index < -0.39 is 37.3 Å². The number of esters is 2. The van der Waals surface area contributed by atoms with Crippen molar-refractivity contribution in [2.24, 2.45) is 0 Å². The molecule has 0 unspecified atom stereocenters. The van der Waals surface area contributed by atoms with E-state index in [-0.39, 0.29) is 55.0 Å². The van der Waals surface area contributed by atoms with Crippen LogP contribution in [0.5, 0.6) is 5.75 Å². The highest BCUT2D eigenvalue weighted by atomic mass is 28.3. The lowest BCUT2D eigenvalue weighted by molar-refractivity contribution is -0.189. The van der Waals surface area contributed by atoms with Crippen LogP contribution in [0.4, 0.5) is 4.79 Å². The fraction of sp³-hybridized carbons (Fsp3) is 0.424. The Hall–Kier alpha value is -4.45. The van der Waals surface area contributed by atoms with Crippen LogP contribution in [0.1, 0.15) is 57.2 Å². The van der Waals surface area contributed by atoms with Gasteiger partial charge in [-0.15, -0.1) is 6.58 Å². The molecule has 45 heavy (non-hydrogen) atoms. The largest absolute Gasteiger partial charge is 0.508 e. The molecule has 5 rings (SSSR count). The van der Waals surface area contributed by atoms with Gasteiger partial charge in [0.1, 0.15) is 18.0 Å². The number of benzene rings is 1. The van der Waals surface area contributed by atoms with Gasteiger partial charge in [-0.2, -0.15) is 0 Å². The standard InChI is InChI=1S/C33H39N3O8Si/c1-8-14-45(6,7)28-20-15-19(37)10-11-24(20)35-27-21(28)17-36-25(27)16-23-22(29(36)39)18-42-30(40)33(23,9-2)43-26(38)12-13-34-31(41)44-32(3,4)5/h8,10-11,15-16,37H,1,9,12-14,17-18H2,2-7H3,(H,34,41)/t33-/m0/s1. The maximum atomic E-state index is 14.1. The van der Waals surface area contributed by atoms with Crippen LogP contribution in [0, 0.1) is 0 Å². The monoisotopic (exact) mass is 633 g/mol. The highest BCUT2D eigenvalue weighted by Crippen LogP contribution is 2.41. The van der Waals surface area contributed by atoms with Crippen molar-refractivity contribution in [2.45, 2.75) is 84.0 Å². The number of phenols is 1. The Labute approximate surface area is 262 Å². The van der Waals surface area contributed by atoms with Gasteiger partial charge in [0.05, 0.1) is 43.5 Å². The summed E-state index contributed by atoms with van der Waals surface area (Å²) in [4.78, 5) is 57.5. The maximum absolute atomic E-state index is 14.1. The van der Waals surface area contributed by atoms with Gasteiger partial charge in [-0.25, -0.2) is 14.6 Å². The lowest BCUT2D eigenvalue weighted by Gasteiger charge is -2.35. The second kappa shape index (κ2) is 11.5.